The molecule has 2 heterocycles. The van der Waals surface area contributed by atoms with Gasteiger partial charge in [-0.15, -0.1) is 11.3 Å². The van der Waals surface area contributed by atoms with E-state index in [0.29, 0.717) is 10.7 Å². The lowest BCUT2D eigenvalue weighted by Crippen LogP contribution is -2.13. The number of carboxylic acid groups (broad SMARTS) is 1. The molecule has 0 saturated heterocycles. The number of nitrogens with zero attached hydrogens (tertiary/aromatic N) is 1. The predicted molar refractivity (Wildman–Crippen MR) is 72.8 cm³/mol. The number of aromatic nitrogens is 1. The van der Waals surface area contributed by atoms with Gasteiger partial charge in [0.25, 0.3) is 5.91 Å². The minimum atomic E-state index is -1.04. The smallest absolute Gasteiger partial charge is 0.337 e. The van der Waals surface area contributed by atoms with E-state index in [4.69, 9.17) is 5.11 Å². The second-order valence-corrected chi connectivity index (χ2v) is 4.74. The number of carbonyl (C=O) groups is 2. The highest BCUT2D eigenvalue weighted by Crippen LogP contribution is 2.18. The lowest BCUT2D eigenvalue weighted by molar-refractivity contribution is 0.0696. The van der Waals surface area contributed by atoms with E-state index in [1.54, 1.807) is 0 Å². The molecular formula is C13H12N2O3S. The van der Waals surface area contributed by atoms with Gasteiger partial charge >= 0.3 is 5.97 Å². The Morgan fingerprint density at radius 2 is 2.16 bits per heavy atom. The predicted octanol–water partition coefficient (Wildman–Crippen LogP) is 2.66. The van der Waals surface area contributed by atoms with Gasteiger partial charge in [-0.25, -0.2) is 9.78 Å². The summed E-state index contributed by atoms with van der Waals surface area (Å²) in [5.74, 6) is -0.926. The van der Waals surface area contributed by atoms with E-state index in [2.05, 4.69) is 10.3 Å². The summed E-state index contributed by atoms with van der Waals surface area (Å²) in [7, 11) is 0. The number of pyridine rings is 1. The van der Waals surface area contributed by atoms with Crippen LogP contribution in [-0.2, 0) is 6.42 Å². The van der Waals surface area contributed by atoms with Crippen molar-refractivity contribution in [3.63, 3.8) is 0 Å². The van der Waals surface area contributed by atoms with Crippen LogP contribution in [0.2, 0.25) is 0 Å². The molecule has 0 aliphatic rings. The molecule has 0 spiro atoms. The second kappa shape index (κ2) is 5.62. The largest absolute Gasteiger partial charge is 0.478 e. The second-order valence-electron chi connectivity index (χ2n) is 3.82. The van der Waals surface area contributed by atoms with Gasteiger partial charge in [-0.05, 0) is 35.6 Å². The van der Waals surface area contributed by atoms with Crippen molar-refractivity contribution in [2.75, 3.05) is 5.32 Å². The monoisotopic (exact) mass is 276 g/mol. The van der Waals surface area contributed by atoms with Gasteiger partial charge in [-0.2, -0.15) is 0 Å². The van der Waals surface area contributed by atoms with Crippen LogP contribution >= 0.6 is 11.3 Å². The highest BCUT2D eigenvalue weighted by Gasteiger charge is 2.13. The number of thiophene rings is 1. The van der Waals surface area contributed by atoms with Crippen LogP contribution in [0.1, 0.15) is 32.5 Å². The Hall–Kier alpha value is -2.21. The molecule has 0 aliphatic heterocycles. The number of carboxylic acids is 1. The first kappa shape index (κ1) is 13.2. The Bertz CT molecular complexity index is 605. The molecule has 0 aromatic carbocycles. The number of carbonyl (C=O) groups excluding carboxylic acids is 1. The van der Waals surface area contributed by atoms with Crippen LogP contribution in [0, 0.1) is 0 Å². The number of nitrogens with one attached hydrogen (secondary N) is 1. The van der Waals surface area contributed by atoms with Crippen LogP contribution in [0.25, 0.3) is 0 Å². The summed E-state index contributed by atoms with van der Waals surface area (Å²) in [4.78, 5) is 27.3. The molecule has 2 rings (SSSR count). The van der Waals surface area contributed by atoms with Gasteiger partial charge in [0.05, 0.1) is 10.4 Å². The lowest BCUT2D eigenvalue weighted by Gasteiger charge is -2.04. The van der Waals surface area contributed by atoms with E-state index in [-0.39, 0.29) is 11.5 Å². The van der Waals surface area contributed by atoms with Crippen molar-refractivity contribution in [2.45, 2.75) is 13.3 Å². The van der Waals surface area contributed by atoms with Crippen molar-refractivity contribution in [1.29, 1.82) is 0 Å². The molecule has 2 aromatic heterocycles. The number of aryl methyl sites for hydroxylation is 1. The van der Waals surface area contributed by atoms with Gasteiger partial charge in [0.2, 0.25) is 0 Å². The molecule has 2 aromatic rings. The van der Waals surface area contributed by atoms with E-state index < -0.39 is 5.97 Å². The highest BCUT2D eigenvalue weighted by molar-refractivity contribution is 7.12. The maximum absolute atomic E-state index is 12.0. The Morgan fingerprint density at radius 1 is 1.37 bits per heavy atom. The summed E-state index contributed by atoms with van der Waals surface area (Å²) in [6.45, 7) is 1.98. The Morgan fingerprint density at radius 3 is 2.74 bits per heavy atom. The molecule has 0 unspecified atom stereocenters. The molecule has 98 valence electrons. The van der Waals surface area contributed by atoms with Crippen LogP contribution < -0.4 is 5.32 Å². The van der Waals surface area contributed by atoms with Gasteiger partial charge in [0.15, 0.2) is 0 Å². The average molecular weight is 276 g/mol. The Labute approximate surface area is 113 Å². The van der Waals surface area contributed by atoms with Crippen molar-refractivity contribution in [3.8, 4) is 0 Å². The third kappa shape index (κ3) is 2.97. The van der Waals surface area contributed by atoms with E-state index in [1.807, 2.05) is 18.4 Å². The van der Waals surface area contributed by atoms with Gasteiger partial charge in [0.1, 0.15) is 5.82 Å². The van der Waals surface area contributed by atoms with Crippen LogP contribution in [0.15, 0.2) is 29.8 Å². The van der Waals surface area contributed by atoms with E-state index in [1.165, 1.54) is 29.7 Å². The molecule has 0 atom stereocenters. The maximum Gasteiger partial charge on any atom is 0.337 e. The molecule has 19 heavy (non-hydrogen) atoms. The fourth-order valence-electron chi connectivity index (χ4n) is 1.58. The molecule has 1 amide bonds. The summed E-state index contributed by atoms with van der Waals surface area (Å²) >= 11 is 1.38. The molecule has 0 fully saturated rings. The zero-order valence-corrected chi connectivity index (χ0v) is 11.0. The average Bonchev–Trinajstić information content (AvgIpc) is 2.87. The van der Waals surface area contributed by atoms with Crippen molar-refractivity contribution in [2.24, 2.45) is 0 Å². The molecule has 0 bridgehead atoms. The zero-order chi connectivity index (χ0) is 13.8. The first-order chi connectivity index (χ1) is 9.11. The quantitative estimate of drug-likeness (QED) is 0.899. The van der Waals surface area contributed by atoms with Crippen LogP contribution in [0.3, 0.4) is 0 Å². The van der Waals surface area contributed by atoms with E-state index in [9.17, 15) is 9.59 Å². The number of aromatic carboxylic acids is 1. The number of amides is 1. The third-order valence-electron chi connectivity index (χ3n) is 2.59. The fourth-order valence-corrected chi connectivity index (χ4v) is 2.47. The van der Waals surface area contributed by atoms with Gasteiger partial charge in [-0.3, -0.25) is 4.79 Å². The number of rotatable bonds is 4. The zero-order valence-electron chi connectivity index (χ0n) is 10.2. The highest BCUT2D eigenvalue weighted by atomic mass is 32.1. The molecule has 5 nitrogen and oxygen atoms in total. The van der Waals surface area contributed by atoms with Crippen molar-refractivity contribution in [3.05, 3.63) is 45.8 Å². The minimum Gasteiger partial charge on any atom is -0.478 e. The van der Waals surface area contributed by atoms with Crippen molar-refractivity contribution < 1.29 is 14.7 Å². The summed E-state index contributed by atoms with van der Waals surface area (Å²) < 4.78 is 0. The summed E-state index contributed by atoms with van der Waals surface area (Å²) in [6, 6.07) is 4.79. The Kier molecular flexibility index (Phi) is 3.91. The number of anilines is 1. The SMILES string of the molecule is CCc1ccsc1C(=O)Nc1ccc(C(=O)O)cn1. The van der Waals surface area contributed by atoms with Crippen LogP contribution in [-0.4, -0.2) is 22.0 Å². The van der Waals surface area contributed by atoms with E-state index >= 15 is 0 Å². The topological polar surface area (TPSA) is 79.3 Å². The summed E-state index contributed by atoms with van der Waals surface area (Å²) in [5, 5.41) is 13.3. The Balaban J connectivity index is 2.13. The van der Waals surface area contributed by atoms with Gasteiger partial charge in [0, 0.05) is 6.20 Å². The number of hydrogen-bond donors (Lipinski definition) is 2. The van der Waals surface area contributed by atoms with Crippen LogP contribution in [0.5, 0.6) is 0 Å². The molecule has 2 N–H and O–H groups in total. The normalized spacial score (nSPS) is 10.2. The molecule has 0 radical (unpaired) electrons. The van der Waals surface area contributed by atoms with E-state index in [0.717, 1.165) is 12.0 Å². The summed E-state index contributed by atoms with van der Waals surface area (Å²) in [5.41, 5.74) is 1.08. The van der Waals surface area contributed by atoms with Crippen molar-refractivity contribution in [1.82, 2.24) is 4.98 Å². The number of hydrogen-bond acceptors (Lipinski definition) is 4. The molecule has 0 aliphatic carbocycles. The molecule has 6 heteroatoms. The van der Waals surface area contributed by atoms with Gasteiger partial charge in [-0.1, -0.05) is 6.92 Å². The third-order valence-corrected chi connectivity index (χ3v) is 3.54. The first-order valence-electron chi connectivity index (χ1n) is 5.69. The molecular weight excluding hydrogens is 264 g/mol. The van der Waals surface area contributed by atoms with Crippen LogP contribution in [0.4, 0.5) is 5.82 Å². The summed E-state index contributed by atoms with van der Waals surface area (Å²) in [6.07, 6.45) is 2.00. The van der Waals surface area contributed by atoms with Crippen molar-refractivity contribution >= 4 is 29.0 Å². The fraction of sp³-hybridized carbons (Fsp3) is 0.154. The van der Waals surface area contributed by atoms with Gasteiger partial charge < -0.3 is 10.4 Å². The molecule has 0 saturated carbocycles. The minimum absolute atomic E-state index is 0.0865. The standard InChI is InChI=1S/C13H12N2O3S/c1-2-8-5-6-19-11(8)12(16)15-10-4-3-9(7-14-10)13(17)18/h3-7H,2H2,1H3,(H,17,18)(H,14,15,16). The lowest BCUT2D eigenvalue weighted by atomic mass is 10.2. The first-order valence-corrected chi connectivity index (χ1v) is 6.57. The maximum atomic E-state index is 12.0.